The van der Waals surface area contributed by atoms with Gasteiger partial charge in [0.05, 0.1) is 24.9 Å². The number of guanidine groups is 1. The standard InChI is InChI=1S/C19H24N4O2/c1-3-20-19(23-14-17-6-4-5-12-21-17)22-13-11-15-7-9-16(10-8-15)18(24)25-2/h4-10,12H,3,11,13-14H2,1-2H3,(H2,20,22,23). The van der Waals surface area contributed by atoms with Crippen molar-refractivity contribution in [3.63, 3.8) is 0 Å². The maximum atomic E-state index is 11.4. The molecule has 25 heavy (non-hydrogen) atoms. The van der Waals surface area contributed by atoms with Crippen molar-refractivity contribution < 1.29 is 9.53 Å². The summed E-state index contributed by atoms with van der Waals surface area (Å²) in [6.45, 7) is 4.10. The lowest BCUT2D eigenvalue weighted by Gasteiger charge is -2.11. The van der Waals surface area contributed by atoms with E-state index in [2.05, 4.69) is 20.6 Å². The molecule has 0 atom stereocenters. The van der Waals surface area contributed by atoms with Crippen LogP contribution in [0.2, 0.25) is 0 Å². The monoisotopic (exact) mass is 340 g/mol. The van der Waals surface area contributed by atoms with Gasteiger partial charge in [0.1, 0.15) is 0 Å². The number of ether oxygens (including phenoxy) is 1. The third kappa shape index (κ3) is 6.25. The summed E-state index contributed by atoms with van der Waals surface area (Å²) < 4.78 is 4.70. The van der Waals surface area contributed by atoms with Crippen LogP contribution in [0.4, 0.5) is 0 Å². The molecular formula is C19H24N4O2. The van der Waals surface area contributed by atoms with Crippen molar-refractivity contribution in [1.29, 1.82) is 0 Å². The highest BCUT2D eigenvalue weighted by atomic mass is 16.5. The Labute approximate surface area is 148 Å². The number of carbonyl (C=O) groups is 1. The molecule has 1 aromatic heterocycles. The molecular weight excluding hydrogens is 316 g/mol. The summed E-state index contributed by atoms with van der Waals surface area (Å²) in [7, 11) is 1.38. The smallest absolute Gasteiger partial charge is 0.337 e. The normalized spacial score (nSPS) is 11.0. The van der Waals surface area contributed by atoms with Crippen molar-refractivity contribution in [1.82, 2.24) is 15.6 Å². The van der Waals surface area contributed by atoms with E-state index >= 15 is 0 Å². The topological polar surface area (TPSA) is 75.6 Å². The van der Waals surface area contributed by atoms with Crippen molar-refractivity contribution in [2.75, 3.05) is 20.2 Å². The van der Waals surface area contributed by atoms with E-state index in [4.69, 9.17) is 4.74 Å². The molecule has 1 heterocycles. The molecule has 0 unspecified atom stereocenters. The maximum absolute atomic E-state index is 11.4. The average molecular weight is 340 g/mol. The van der Waals surface area contributed by atoms with Gasteiger partial charge in [0, 0.05) is 19.3 Å². The largest absolute Gasteiger partial charge is 0.465 e. The fraction of sp³-hybridized carbons (Fsp3) is 0.316. The van der Waals surface area contributed by atoms with Crippen molar-refractivity contribution in [3.05, 3.63) is 65.5 Å². The fourth-order valence-corrected chi connectivity index (χ4v) is 2.24. The first kappa shape index (κ1) is 18.4. The molecule has 6 heteroatoms. The van der Waals surface area contributed by atoms with Crippen molar-refractivity contribution >= 4 is 11.9 Å². The molecule has 0 saturated carbocycles. The highest BCUT2D eigenvalue weighted by molar-refractivity contribution is 5.89. The van der Waals surface area contributed by atoms with E-state index in [0.29, 0.717) is 12.1 Å². The van der Waals surface area contributed by atoms with Gasteiger partial charge in [-0.15, -0.1) is 0 Å². The Morgan fingerprint density at radius 3 is 2.60 bits per heavy atom. The van der Waals surface area contributed by atoms with Gasteiger partial charge in [-0.05, 0) is 43.2 Å². The number of nitrogens with zero attached hydrogens (tertiary/aromatic N) is 2. The lowest BCUT2D eigenvalue weighted by molar-refractivity contribution is 0.0600. The number of benzene rings is 1. The van der Waals surface area contributed by atoms with Crippen LogP contribution in [0.3, 0.4) is 0 Å². The van der Waals surface area contributed by atoms with Crippen molar-refractivity contribution in [2.45, 2.75) is 19.9 Å². The van der Waals surface area contributed by atoms with Gasteiger partial charge in [0.2, 0.25) is 0 Å². The number of hydrogen-bond acceptors (Lipinski definition) is 4. The van der Waals surface area contributed by atoms with Crippen LogP contribution < -0.4 is 10.6 Å². The zero-order valence-corrected chi connectivity index (χ0v) is 14.7. The van der Waals surface area contributed by atoms with E-state index < -0.39 is 0 Å². The number of methoxy groups -OCH3 is 1. The van der Waals surface area contributed by atoms with Crippen LogP contribution in [-0.2, 0) is 17.7 Å². The Balaban J connectivity index is 1.85. The molecule has 132 valence electrons. The van der Waals surface area contributed by atoms with Gasteiger partial charge >= 0.3 is 5.97 Å². The minimum atomic E-state index is -0.319. The van der Waals surface area contributed by atoms with Gasteiger partial charge in [0.15, 0.2) is 5.96 Å². The molecule has 0 spiro atoms. The van der Waals surface area contributed by atoms with Crippen molar-refractivity contribution in [2.24, 2.45) is 4.99 Å². The molecule has 0 radical (unpaired) electrons. The third-order valence-electron chi connectivity index (χ3n) is 3.55. The number of aliphatic imine (C=N–C) groups is 1. The highest BCUT2D eigenvalue weighted by Gasteiger charge is 2.04. The second kappa shape index (κ2) is 10.1. The fourth-order valence-electron chi connectivity index (χ4n) is 2.24. The van der Waals surface area contributed by atoms with Crippen LogP contribution in [0.25, 0.3) is 0 Å². The number of aromatic nitrogens is 1. The van der Waals surface area contributed by atoms with Crippen LogP contribution in [0, 0.1) is 0 Å². The Morgan fingerprint density at radius 2 is 1.96 bits per heavy atom. The van der Waals surface area contributed by atoms with E-state index in [9.17, 15) is 4.79 Å². The lowest BCUT2D eigenvalue weighted by Crippen LogP contribution is -2.38. The highest BCUT2D eigenvalue weighted by Crippen LogP contribution is 2.06. The van der Waals surface area contributed by atoms with E-state index in [1.807, 2.05) is 37.3 Å². The first-order valence-electron chi connectivity index (χ1n) is 8.32. The number of nitrogens with one attached hydrogen (secondary N) is 2. The maximum Gasteiger partial charge on any atom is 0.337 e. The Hall–Kier alpha value is -2.89. The number of hydrogen-bond donors (Lipinski definition) is 2. The molecule has 0 aliphatic carbocycles. The Kier molecular flexibility index (Phi) is 7.43. The average Bonchev–Trinajstić information content (AvgIpc) is 2.67. The number of rotatable bonds is 7. The zero-order valence-electron chi connectivity index (χ0n) is 14.7. The van der Waals surface area contributed by atoms with Gasteiger partial charge < -0.3 is 15.4 Å². The summed E-state index contributed by atoms with van der Waals surface area (Å²) in [5.41, 5.74) is 2.63. The van der Waals surface area contributed by atoms with Crippen LogP contribution >= 0.6 is 0 Å². The molecule has 0 bridgehead atoms. The molecule has 2 rings (SSSR count). The summed E-state index contributed by atoms with van der Waals surface area (Å²) in [5.74, 6) is 0.445. The molecule has 0 amide bonds. The van der Waals surface area contributed by atoms with Gasteiger partial charge in [-0.1, -0.05) is 18.2 Å². The van der Waals surface area contributed by atoms with Gasteiger partial charge in [-0.2, -0.15) is 0 Å². The molecule has 2 N–H and O–H groups in total. The van der Waals surface area contributed by atoms with E-state index in [1.165, 1.54) is 7.11 Å². The summed E-state index contributed by atoms with van der Waals surface area (Å²) >= 11 is 0. The van der Waals surface area contributed by atoms with Crippen LogP contribution in [-0.4, -0.2) is 37.1 Å². The second-order valence-electron chi connectivity index (χ2n) is 5.38. The van der Waals surface area contributed by atoms with Crippen LogP contribution in [0.15, 0.2) is 53.7 Å². The molecule has 0 fully saturated rings. The summed E-state index contributed by atoms with van der Waals surface area (Å²) in [6, 6.07) is 13.2. The summed E-state index contributed by atoms with van der Waals surface area (Å²) in [4.78, 5) is 20.2. The summed E-state index contributed by atoms with van der Waals surface area (Å²) in [5, 5.41) is 6.53. The summed E-state index contributed by atoms with van der Waals surface area (Å²) in [6.07, 6.45) is 2.60. The van der Waals surface area contributed by atoms with Crippen LogP contribution in [0.5, 0.6) is 0 Å². The third-order valence-corrected chi connectivity index (χ3v) is 3.55. The van der Waals surface area contributed by atoms with E-state index in [-0.39, 0.29) is 5.97 Å². The van der Waals surface area contributed by atoms with E-state index in [0.717, 1.165) is 36.7 Å². The number of carbonyl (C=O) groups excluding carboxylic acids is 1. The van der Waals surface area contributed by atoms with Gasteiger partial charge in [0.25, 0.3) is 0 Å². The molecule has 0 saturated heterocycles. The molecule has 2 aromatic rings. The minimum absolute atomic E-state index is 0.319. The molecule has 0 aliphatic heterocycles. The van der Waals surface area contributed by atoms with Crippen LogP contribution in [0.1, 0.15) is 28.5 Å². The van der Waals surface area contributed by atoms with E-state index in [1.54, 1.807) is 18.3 Å². The number of pyridine rings is 1. The predicted octanol–water partition coefficient (Wildman–Crippen LogP) is 2.17. The minimum Gasteiger partial charge on any atom is -0.465 e. The predicted molar refractivity (Wildman–Crippen MR) is 98.5 cm³/mol. The first-order chi connectivity index (χ1) is 12.2. The SMILES string of the molecule is CCNC(=NCc1ccccn1)NCCc1ccc(C(=O)OC)cc1. The quantitative estimate of drug-likeness (QED) is 0.459. The Morgan fingerprint density at radius 1 is 1.16 bits per heavy atom. The van der Waals surface area contributed by atoms with Crippen molar-refractivity contribution in [3.8, 4) is 0 Å². The number of esters is 1. The zero-order chi connectivity index (χ0) is 17.9. The Bertz CT molecular complexity index is 684. The van der Waals surface area contributed by atoms with Gasteiger partial charge in [-0.25, -0.2) is 9.79 Å². The lowest BCUT2D eigenvalue weighted by atomic mass is 10.1. The molecule has 1 aromatic carbocycles. The van der Waals surface area contributed by atoms with Gasteiger partial charge in [-0.3, -0.25) is 4.98 Å². The molecule has 6 nitrogen and oxygen atoms in total. The molecule has 0 aliphatic rings. The first-order valence-corrected chi connectivity index (χ1v) is 8.32. The second-order valence-corrected chi connectivity index (χ2v) is 5.38.